The van der Waals surface area contributed by atoms with Gasteiger partial charge in [-0.25, -0.2) is 9.97 Å². The van der Waals surface area contributed by atoms with E-state index in [0.717, 1.165) is 10.1 Å². The molecule has 2 N–H and O–H groups in total. The predicted octanol–water partition coefficient (Wildman–Crippen LogP) is 1.61. The van der Waals surface area contributed by atoms with Crippen molar-refractivity contribution in [2.45, 2.75) is 10.1 Å². The number of hydrogen-bond donors (Lipinski definition) is 1. The fraction of sp³-hybridized carbons (Fsp3) is 0.100. The quantitative estimate of drug-likeness (QED) is 0.869. The zero-order valence-corrected chi connectivity index (χ0v) is 9.44. The average Bonchev–Trinajstić information content (AvgIpc) is 2.33. The number of methoxy groups -OCH3 is 1. The van der Waals surface area contributed by atoms with Crippen LogP contribution >= 0.6 is 11.8 Å². The van der Waals surface area contributed by atoms with Gasteiger partial charge in [0.05, 0.1) is 19.0 Å². The maximum Gasteiger partial charge on any atom is 0.237 e. The summed E-state index contributed by atoms with van der Waals surface area (Å²) in [4.78, 5) is 12.3. The van der Waals surface area contributed by atoms with Crippen LogP contribution < -0.4 is 10.5 Å². The molecule has 0 spiro atoms. The Morgan fingerprint density at radius 3 is 2.81 bits per heavy atom. The Hall–Kier alpha value is -1.82. The maximum atomic E-state index is 5.67. The van der Waals surface area contributed by atoms with Crippen molar-refractivity contribution in [2.24, 2.45) is 0 Å². The topological polar surface area (TPSA) is 73.9 Å². The molecule has 16 heavy (non-hydrogen) atoms. The average molecular weight is 234 g/mol. The summed E-state index contributed by atoms with van der Waals surface area (Å²) in [6, 6.07) is 3.57. The number of aromatic nitrogens is 3. The minimum atomic E-state index is 0.425. The van der Waals surface area contributed by atoms with E-state index in [2.05, 4.69) is 15.0 Å². The van der Waals surface area contributed by atoms with E-state index in [-0.39, 0.29) is 0 Å². The fourth-order valence-electron chi connectivity index (χ4n) is 1.10. The maximum absolute atomic E-state index is 5.67. The van der Waals surface area contributed by atoms with E-state index < -0.39 is 0 Å². The summed E-state index contributed by atoms with van der Waals surface area (Å²) in [5.74, 6) is 0.425. The molecule has 0 amide bonds. The summed E-state index contributed by atoms with van der Waals surface area (Å²) < 4.78 is 5.04. The molecule has 0 aliphatic heterocycles. The Labute approximate surface area is 97.1 Å². The molecule has 2 rings (SSSR count). The van der Waals surface area contributed by atoms with Crippen LogP contribution in [0.5, 0.6) is 5.88 Å². The van der Waals surface area contributed by atoms with Gasteiger partial charge in [-0.3, -0.25) is 4.98 Å². The standard InChI is InChI=1S/C10H10N4OS/c1-15-10-7(11)2-3-8(14-10)16-9-6-12-4-5-13-9/h2-6H,11H2,1H3. The Kier molecular flexibility index (Phi) is 3.21. The molecular formula is C10H10N4OS. The van der Waals surface area contributed by atoms with Crippen LogP contribution in [-0.4, -0.2) is 22.1 Å². The van der Waals surface area contributed by atoms with E-state index in [1.807, 2.05) is 6.07 Å². The van der Waals surface area contributed by atoms with Crippen molar-refractivity contribution in [1.82, 2.24) is 15.0 Å². The van der Waals surface area contributed by atoms with E-state index in [4.69, 9.17) is 10.5 Å². The van der Waals surface area contributed by atoms with Gasteiger partial charge in [0.15, 0.2) is 0 Å². The highest BCUT2D eigenvalue weighted by molar-refractivity contribution is 7.99. The second-order valence-electron chi connectivity index (χ2n) is 2.89. The van der Waals surface area contributed by atoms with Crippen molar-refractivity contribution < 1.29 is 4.74 Å². The molecule has 0 saturated heterocycles. The van der Waals surface area contributed by atoms with Gasteiger partial charge in [-0.2, -0.15) is 0 Å². The van der Waals surface area contributed by atoms with Gasteiger partial charge in [0.25, 0.3) is 0 Å². The highest BCUT2D eigenvalue weighted by atomic mass is 32.2. The van der Waals surface area contributed by atoms with E-state index in [0.29, 0.717) is 11.6 Å². The number of pyridine rings is 1. The van der Waals surface area contributed by atoms with Crippen molar-refractivity contribution in [3.63, 3.8) is 0 Å². The number of nitrogens with zero attached hydrogens (tertiary/aromatic N) is 3. The lowest BCUT2D eigenvalue weighted by molar-refractivity contribution is 0.397. The van der Waals surface area contributed by atoms with Crippen LogP contribution in [0.1, 0.15) is 0 Å². The Morgan fingerprint density at radius 2 is 2.12 bits per heavy atom. The minimum absolute atomic E-state index is 0.425. The first kappa shape index (κ1) is 10.7. The predicted molar refractivity (Wildman–Crippen MR) is 61.4 cm³/mol. The molecule has 0 atom stereocenters. The van der Waals surface area contributed by atoms with E-state index in [1.54, 1.807) is 24.7 Å². The molecule has 0 aromatic carbocycles. The molecule has 0 aliphatic rings. The Morgan fingerprint density at radius 1 is 1.25 bits per heavy atom. The third kappa shape index (κ3) is 2.40. The number of nitrogens with two attached hydrogens (primary N) is 1. The molecule has 0 saturated carbocycles. The molecule has 0 radical (unpaired) electrons. The first-order valence-electron chi connectivity index (χ1n) is 4.54. The van der Waals surface area contributed by atoms with Crippen molar-refractivity contribution in [3.05, 3.63) is 30.7 Å². The number of nitrogen functional groups attached to an aromatic ring is 1. The van der Waals surface area contributed by atoms with Crippen LogP contribution in [0.3, 0.4) is 0 Å². The summed E-state index contributed by atoms with van der Waals surface area (Å²) >= 11 is 1.41. The second kappa shape index (κ2) is 4.80. The third-order valence-corrected chi connectivity index (χ3v) is 2.66. The first-order chi connectivity index (χ1) is 7.79. The molecule has 6 heteroatoms. The lowest BCUT2D eigenvalue weighted by atomic mass is 10.4. The van der Waals surface area contributed by atoms with Crippen molar-refractivity contribution in [3.8, 4) is 5.88 Å². The van der Waals surface area contributed by atoms with Crippen molar-refractivity contribution >= 4 is 17.4 Å². The van der Waals surface area contributed by atoms with Crippen molar-refractivity contribution in [1.29, 1.82) is 0 Å². The highest BCUT2D eigenvalue weighted by Crippen LogP contribution is 2.27. The van der Waals surface area contributed by atoms with E-state index in [9.17, 15) is 0 Å². The van der Waals surface area contributed by atoms with Gasteiger partial charge >= 0.3 is 0 Å². The zero-order valence-electron chi connectivity index (χ0n) is 8.62. The lowest BCUT2D eigenvalue weighted by Crippen LogP contribution is -1.95. The molecule has 0 bridgehead atoms. The summed E-state index contributed by atoms with van der Waals surface area (Å²) in [5.41, 5.74) is 6.19. The molecule has 2 aromatic rings. The van der Waals surface area contributed by atoms with E-state index in [1.165, 1.54) is 18.9 Å². The van der Waals surface area contributed by atoms with Crippen LogP contribution in [-0.2, 0) is 0 Å². The van der Waals surface area contributed by atoms with Crippen LogP contribution in [0.4, 0.5) is 5.69 Å². The molecular weight excluding hydrogens is 224 g/mol. The third-order valence-electron chi connectivity index (χ3n) is 1.81. The lowest BCUT2D eigenvalue weighted by Gasteiger charge is -2.05. The fourth-order valence-corrected chi connectivity index (χ4v) is 1.81. The number of ether oxygens (including phenoxy) is 1. The molecule has 5 nitrogen and oxygen atoms in total. The monoisotopic (exact) mass is 234 g/mol. The van der Waals surface area contributed by atoms with Gasteiger partial charge in [-0.05, 0) is 23.9 Å². The van der Waals surface area contributed by atoms with E-state index >= 15 is 0 Å². The second-order valence-corrected chi connectivity index (χ2v) is 3.93. The molecule has 2 aromatic heterocycles. The molecule has 0 aliphatic carbocycles. The summed E-state index contributed by atoms with van der Waals surface area (Å²) in [6.07, 6.45) is 4.94. The molecule has 82 valence electrons. The number of hydrogen-bond acceptors (Lipinski definition) is 6. The Balaban J connectivity index is 2.22. The highest BCUT2D eigenvalue weighted by Gasteiger charge is 2.05. The normalized spacial score (nSPS) is 10.1. The van der Waals surface area contributed by atoms with Gasteiger partial charge in [-0.1, -0.05) is 0 Å². The van der Waals surface area contributed by atoms with Gasteiger partial charge < -0.3 is 10.5 Å². The van der Waals surface area contributed by atoms with Gasteiger partial charge in [0.2, 0.25) is 5.88 Å². The summed E-state index contributed by atoms with van der Waals surface area (Å²) in [6.45, 7) is 0. The van der Waals surface area contributed by atoms with Gasteiger partial charge in [-0.15, -0.1) is 0 Å². The van der Waals surface area contributed by atoms with Crippen molar-refractivity contribution in [2.75, 3.05) is 12.8 Å². The zero-order chi connectivity index (χ0) is 11.4. The molecule has 2 heterocycles. The molecule has 0 fully saturated rings. The Bertz CT molecular complexity index is 478. The smallest absolute Gasteiger partial charge is 0.237 e. The van der Waals surface area contributed by atoms with Gasteiger partial charge in [0.1, 0.15) is 10.1 Å². The van der Waals surface area contributed by atoms with Crippen LogP contribution in [0.25, 0.3) is 0 Å². The largest absolute Gasteiger partial charge is 0.480 e. The number of rotatable bonds is 3. The SMILES string of the molecule is COc1nc(Sc2cnccn2)ccc1N. The molecule has 0 unspecified atom stereocenters. The summed E-state index contributed by atoms with van der Waals surface area (Å²) in [7, 11) is 1.54. The minimum Gasteiger partial charge on any atom is -0.480 e. The van der Waals surface area contributed by atoms with Gasteiger partial charge in [0, 0.05) is 12.4 Å². The summed E-state index contributed by atoms with van der Waals surface area (Å²) in [5, 5.41) is 1.55. The first-order valence-corrected chi connectivity index (χ1v) is 5.35. The van der Waals surface area contributed by atoms with Crippen LogP contribution in [0.15, 0.2) is 40.8 Å². The van der Waals surface area contributed by atoms with Crippen LogP contribution in [0.2, 0.25) is 0 Å². The van der Waals surface area contributed by atoms with Crippen LogP contribution in [0, 0.1) is 0 Å². The number of anilines is 1.